The largest absolute Gasteiger partial charge is 0.356 e. The summed E-state index contributed by atoms with van der Waals surface area (Å²) in [5.41, 5.74) is 2.77. The van der Waals surface area contributed by atoms with Gasteiger partial charge in [-0.05, 0) is 36.6 Å². The van der Waals surface area contributed by atoms with Gasteiger partial charge in [-0.3, -0.25) is 9.59 Å². The minimum atomic E-state index is -1.05. The molecule has 0 saturated carbocycles. The number of nitrogens with one attached hydrogen (secondary N) is 1. The van der Waals surface area contributed by atoms with Gasteiger partial charge in [0.2, 0.25) is 5.91 Å². The molecule has 5 nitrogen and oxygen atoms in total. The Balaban J connectivity index is 1.78. The van der Waals surface area contributed by atoms with Crippen molar-refractivity contribution in [2.75, 3.05) is 19.6 Å². The molecule has 3 aromatic rings. The van der Waals surface area contributed by atoms with Crippen LogP contribution in [0.3, 0.4) is 0 Å². The number of halogens is 1. The Hall–Kier alpha value is -2.79. The van der Waals surface area contributed by atoms with E-state index >= 15 is 0 Å². The Labute approximate surface area is 180 Å². The Morgan fingerprint density at radius 3 is 2.63 bits per heavy atom. The van der Waals surface area contributed by atoms with Gasteiger partial charge in [0.15, 0.2) is 5.54 Å². The second-order valence-electron chi connectivity index (χ2n) is 8.34. The summed E-state index contributed by atoms with van der Waals surface area (Å²) >= 11 is 6.59. The minimum absolute atomic E-state index is 0.0191. The average Bonchev–Trinajstić information content (AvgIpc) is 3.14. The molecule has 0 radical (unpaired) electrons. The van der Waals surface area contributed by atoms with Crippen LogP contribution in [0.2, 0.25) is 5.02 Å². The van der Waals surface area contributed by atoms with Crippen molar-refractivity contribution in [1.82, 2.24) is 14.8 Å². The number of hydrogen-bond acceptors (Lipinski definition) is 2. The molecule has 1 N–H and O–H groups in total. The summed E-state index contributed by atoms with van der Waals surface area (Å²) in [4.78, 5) is 33.8. The van der Waals surface area contributed by atoms with Crippen molar-refractivity contribution in [3.05, 3.63) is 70.4 Å². The van der Waals surface area contributed by atoms with E-state index in [1.807, 2.05) is 56.3 Å². The lowest BCUT2D eigenvalue weighted by Crippen LogP contribution is -2.67. The van der Waals surface area contributed by atoms with Crippen molar-refractivity contribution in [2.45, 2.75) is 31.7 Å². The van der Waals surface area contributed by atoms with E-state index in [-0.39, 0.29) is 24.3 Å². The van der Waals surface area contributed by atoms with Gasteiger partial charge in [0.1, 0.15) is 0 Å². The van der Waals surface area contributed by atoms with Crippen LogP contribution in [0.5, 0.6) is 0 Å². The van der Waals surface area contributed by atoms with Crippen LogP contribution in [-0.4, -0.2) is 46.2 Å². The Morgan fingerprint density at radius 2 is 1.87 bits per heavy atom. The molecule has 2 amide bonds. The fraction of sp³-hybridized carbons (Fsp3) is 0.333. The second-order valence-corrected chi connectivity index (χ2v) is 8.74. The van der Waals surface area contributed by atoms with Crippen LogP contribution in [0.15, 0.2) is 48.5 Å². The molecule has 30 heavy (non-hydrogen) atoms. The average molecular weight is 422 g/mol. The highest BCUT2D eigenvalue weighted by Gasteiger charge is 2.56. The van der Waals surface area contributed by atoms with Gasteiger partial charge in [-0.2, -0.15) is 0 Å². The van der Waals surface area contributed by atoms with Crippen molar-refractivity contribution >= 4 is 34.3 Å². The number of fused-ring (bicyclic) bond motifs is 5. The van der Waals surface area contributed by atoms with Gasteiger partial charge in [-0.15, -0.1) is 0 Å². The highest BCUT2D eigenvalue weighted by Crippen LogP contribution is 2.48. The molecule has 0 bridgehead atoms. The minimum Gasteiger partial charge on any atom is -0.356 e. The van der Waals surface area contributed by atoms with E-state index in [9.17, 15) is 9.59 Å². The predicted molar refractivity (Wildman–Crippen MR) is 118 cm³/mol. The van der Waals surface area contributed by atoms with Crippen molar-refractivity contribution in [3.63, 3.8) is 0 Å². The zero-order chi connectivity index (χ0) is 21.0. The molecule has 2 aliphatic rings. The molecule has 1 fully saturated rings. The SMILES string of the molecule is CCCN1CC(=O)N2C[C@H](c3ccccc3Cl)c3c([nH]c4ccccc34)[C@@]2(C)C1=O. The Kier molecular flexibility index (Phi) is 4.40. The van der Waals surface area contributed by atoms with Crippen LogP contribution in [0.25, 0.3) is 10.9 Å². The molecule has 3 heterocycles. The third kappa shape index (κ3) is 2.54. The van der Waals surface area contributed by atoms with Crippen molar-refractivity contribution < 1.29 is 9.59 Å². The van der Waals surface area contributed by atoms with Crippen molar-refractivity contribution in [2.24, 2.45) is 0 Å². The van der Waals surface area contributed by atoms with Crippen LogP contribution in [-0.2, 0) is 15.1 Å². The molecule has 1 saturated heterocycles. The molecular formula is C24H24ClN3O2. The number of hydrogen-bond donors (Lipinski definition) is 1. The number of carbonyl (C=O) groups is 2. The van der Waals surface area contributed by atoms with Crippen molar-refractivity contribution in [3.8, 4) is 0 Å². The Morgan fingerprint density at radius 1 is 1.13 bits per heavy atom. The summed E-state index contributed by atoms with van der Waals surface area (Å²) in [6, 6.07) is 15.9. The third-order valence-corrected chi connectivity index (χ3v) is 6.94. The topological polar surface area (TPSA) is 56.4 Å². The van der Waals surface area contributed by atoms with E-state index in [0.29, 0.717) is 18.1 Å². The zero-order valence-corrected chi connectivity index (χ0v) is 17.9. The summed E-state index contributed by atoms with van der Waals surface area (Å²) in [6.07, 6.45) is 0.816. The highest BCUT2D eigenvalue weighted by molar-refractivity contribution is 6.31. The highest BCUT2D eigenvalue weighted by atomic mass is 35.5. The molecule has 0 unspecified atom stereocenters. The zero-order valence-electron chi connectivity index (χ0n) is 17.1. The number of piperazine rings is 1. The lowest BCUT2D eigenvalue weighted by atomic mass is 9.76. The van der Waals surface area contributed by atoms with Gasteiger partial charge in [-0.25, -0.2) is 0 Å². The molecule has 2 atom stereocenters. The molecular weight excluding hydrogens is 398 g/mol. The maximum atomic E-state index is 13.7. The maximum Gasteiger partial charge on any atom is 0.254 e. The van der Waals surface area contributed by atoms with E-state index in [4.69, 9.17) is 11.6 Å². The lowest BCUT2D eigenvalue weighted by Gasteiger charge is -2.51. The van der Waals surface area contributed by atoms with Crippen LogP contribution < -0.4 is 0 Å². The van der Waals surface area contributed by atoms with Gasteiger partial charge in [0.25, 0.3) is 5.91 Å². The van der Waals surface area contributed by atoms with Crippen LogP contribution in [0, 0.1) is 0 Å². The third-order valence-electron chi connectivity index (χ3n) is 6.59. The molecule has 6 heteroatoms. The first-order chi connectivity index (χ1) is 14.5. The smallest absolute Gasteiger partial charge is 0.254 e. The first-order valence-electron chi connectivity index (χ1n) is 10.4. The second kappa shape index (κ2) is 6.88. The number of H-pyrrole nitrogens is 1. The van der Waals surface area contributed by atoms with E-state index in [1.54, 1.807) is 9.80 Å². The van der Waals surface area contributed by atoms with Crippen molar-refractivity contribution in [1.29, 1.82) is 0 Å². The first-order valence-corrected chi connectivity index (χ1v) is 10.8. The quantitative estimate of drug-likeness (QED) is 0.686. The summed E-state index contributed by atoms with van der Waals surface area (Å²) < 4.78 is 0. The van der Waals surface area contributed by atoms with Crippen LogP contribution in [0.4, 0.5) is 0 Å². The molecule has 2 aliphatic heterocycles. The summed E-state index contributed by atoms with van der Waals surface area (Å²) in [6.45, 7) is 5.05. The number of carbonyl (C=O) groups excluding carboxylic acids is 2. The summed E-state index contributed by atoms with van der Waals surface area (Å²) in [7, 11) is 0. The van der Waals surface area contributed by atoms with E-state index in [1.165, 1.54) is 0 Å². The van der Waals surface area contributed by atoms with Gasteiger partial charge in [0.05, 0.1) is 12.2 Å². The molecule has 5 rings (SSSR count). The number of aromatic nitrogens is 1. The van der Waals surface area contributed by atoms with E-state index < -0.39 is 5.54 Å². The lowest BCUT2D eigenvalue weighted by molar-refractivity contribution is -0.166. The van der Waals surface area contributed by atoms with Gasteiger partial charge < -0.3 is 14.8 Å². The molecule has 2 aromatic carbocycles. The number of nitrogens with zero attached hydrogens (tertiary/aromatic N) is 2. The first kappa shape index (κ1) is 19.2. The monoisotopic (exact) mass is 421 g/mol. The van der Waals surface area contributed by atoms with E-state index in [2.05, 4.69) is 11.1 Å². The summed E-state index contributed by atoms with van der Waals surface area (Å²) in [5, 5.41) is 1.75. The van der Waals surface area contributed by atoms with Crippen LogP contribution in [0.1, 0.15) is 43.0 Å². The Bertz CT molecular complexity index is 1170. The molecule has 1 aromatic heterocycles. The maximum absolute atomic E-state index is 13.7. The van der Waals surface area contributed by atoms with Gasteiger partial charge >= 0.3 is 0 Å². The fourth-order valence-corrected chi connectivity index (χ4v) is 5.43. The molecule has 0 aliphatic carbocycles. The molecule has 154 valence electrons. The number of amides is 2. The standard InChI is InChI=1S/C24H24ClN3O2/c1-3-12-27-14-20(29)28-13-17(15-8-4-6-10-18(15)25)21-16-9-5-7-11-19(16)26-22(21)24(28,2)23(27)30/h4-11,17,26H,3,12-14H2,1-2H3/t17-,24+/m1/s1. The number of para-hydroxylation sites is 1. The van der Waals surface area contributed by atoms with Crippen LogP contribution >= 0.6 is 11.6 Å². The van der Waals surface area contributed by atoms with Gasteiger partial charge in [0, 0.05) is 34.9 Å². The van der Waals surface area contributed by atoms with E-state index in [0.717, 1.165) is 34.1 Å². The number of benzene rings is 2. The fourth-order valence-electron chi connectivity index (χ4n) is 5.16. The number of rotatable bonds is 3. The normalized spacial score (nSPS) is 23.6. The van der Waals surface area contributed by atoms with Gasteiger partial charge in [-0.1, -0.05) is 54.9 Å². The predicted octanol–water partition coefficient (Wildman–Crippen LogP) is 4.26. The molecule has 0 spiro atoms. The summed E-state index contributed by atoms with van der Waals surface area (Å²) in [5.74, 6) is -0.145. The number of aromatic amines is 1.